The Morgan fingerprint density at radius 1 is 0.898 bits per heavy atom. The first-order chi connectivity index (χ1) is 23.2. The van der Waals surface area contributed by atoms with Crippen LogP contribution in [0.2, 0.25) is 0 Å². The van der Waals surface area contributed by atoms with Gasteiger partial charge in [0.1, 0.15) is 48.2 Å². The van der Waals surface area contributed by atoms with Crippen LogP contribution < -0.4 is 0 Å². The standard InChI is InChI=1S/C37H58O12/c1-18(15-46-34-32(44)30(42)27(40)16-47-34)5-8-25(38)19(2)29-26(39)14-24-22-7-6-20-13-21(49-35-33(45)31(43)28(41)17-48-35)9-11-36(20,3)23(22)10-12-37(24,29)4/h6,18-19,21-24,27-35,40-45H,5,7-17H2,1-4H3/t18-,19-,21+,22-,23+,24+,27+,28+,29+,30+,31+,32-,33-,34-,35+,36+,37+/m1/s1. The zero-order valence-corrected chi connectivity index (χ0v) is 29.4. The lowest BCUT2D eigenvalue weighted by molar-refractivity contribution is -0.284. The molecule has 12 nitrogen and oxygen atoms in total. The number of fused-ring (bicyclic) bond motifs is 5. The Hall–Kier alpha value is -1.32. The first kappa shape index (κ1) is 37.4. The van der Waals surface area contributed by atoms with E-state index in [1.807, 2.05) is 13.8 Å². The normalized spacial score (nSPS) is 48.2. The number of ether oxygens (including phenoxy) is 4. The van der Waals surface area contributed by atoms with Gasteiger partial charge in [-0.2, -0.15) is 0 Å². The molecule has 0 aromatic carbocycles. The summed E-state index contributed by atoms with van der Waals surface area (Å²) in [6.45, 7) is 8.50. The predicted octanol–water partition coefficient (Wildman–Crippen LogP) is 1.65. The lowest BCUT2D eigenvalue weighted by atomic mass is 9.47. The molecule has 278 valence electrons. The van der Waals surface area contributed by atoms with Crippen molar-refractivity contribution < 1.29 is 59.2 Å². The molecule has 2 saturated heterocycles. The van der Waals surface area contributed by atoms with Gasteiger partial charge in [-0.1, -0.05) is 39.3 Å². The van der Waals surface area contributed by atoms with Crippen LogP contribution in [0.25, 0.3) is 0 Å². The summed E-state index contributed by atoms with van der Waals surface area (Å²) in [5.41, 5.74) is 1.12. The zero-order valence-electron chi connectivity index (χ0n) is 29.4. The summed E-state index contributed by atoms with van der Waals surface area (Å²) >= 11 is 0. The van der Waals surface area contributed by atoms with Crippen molar-refractivity contribution in [1.82, 2.24) is 0 Å². The third-order valence-electron chi connectivity index (χ3n) is 13.6. The van der Waals surface area contributed by atoms with Gasteiger partial charge < -0.3 is 49.6 Å². The molecule has 0 amide bonds. The quantitative estimate of drug-likeness (QED) is 0.182. The summed E-state index contributed by atoms with van der Waals surface area (Å²) in [6, 6.07) is 0. The molecule has 6 N–H and O–H groups in total. The monoisotopic (exact) mass is 694 g/mol. The minimum Gasteiger partial charge on any atom is -0.388 e. The van der Waals surface area contributed by atoms with Crippen LogP contribution in [0.15, 0.2) is 11.6 Å². The average Bonchev–Trinajstić information content (AvgIpc) is 3.35. The predicted molar refractivity (Wildman–Crippen MR) is 174 cm³/mol. The Labute approximate surface area is 289 Å². The van der Waals surface area contributed by atoms with Crippen molar-refractivity contribution in [2.45, 2.75) is 141 Å². The number of rotatable bonds is 10. The smallest absolute Gasteiger partial charge is 0.186 e. The molecule has 6 aliphatic rings. The van der Waals surface area contributed by atoms with Crippen molar-refractivity contribution in [2.75, 3.05) is 19.8 Å². The van der Waals surface area contributed by atoms with Gasteiger partial charge in [0, 0.05) is 24.7 Å². The van der Waals surface area contributed by atoms with Gasteiger partial charge in [-0.05, 0) is 79.4 Å². The van der Waals surface area contributed by atoms with Gasteiger partial charge in [-0.3, -0.25) is 9.59 Å². The fourth-order valence-electron chi connectivity index (χ4n) is 10.6. The van der Waals surface area contributed by atoms with Crippen LogP contribution in [-0.4, -0.2) is 117 Å². The third-order valence-corrected chi connectivity index (χ3v) is 13.6. The second-order valence-corrected chi connectivity index (χ2v) is 16.7. The van der Waals surface area contributed by atoms with E-state index in [-0.39, 0.29) is 72.0 Å². The molecule has 3 saturated carbocycles. The fraction of sp³-hybridized carbons (Fsp3) is 0.892. The van der Waals surface area contributed by atoms with Crippen molar-refractivity contribution >= 4 is 11.6 Å². The summed E-state index contributed by atoms with van der Waals surface area (Å²) < 4.78 is 22.6. The van der Waals surface area contributed by atoms with Crippen molar-refractivity contribution in [2.24, 2.45) is 46.3 Å². The summed E-state index contributed by atoms with van der Waals surface area (Å²) in [4.78, 5) is 27.4. The van der Waals surface area contributed by atoms with Gasteiger partial charge in [0.25, 0.3) is 0 Å². The average molecular weight is 695 g/mol. The molecule has 12 heteroatoms. The van der Waals surface area contributed by atoms with E-state index < -0.39 is 49.2 Å². The maximum atomic E-state index is 13.8. The Balaban J connectivity index is 1.04. The molecule has 0 spiro atoms. The topological polar surface area (TPSA) is 192 Å². The molecule has 6 rings (SSSR count). The summed E-state index contributed by atoms with van der Waals surface area (Å²) in [5.74, 6) is 0.654. The Kier molecular flexibility index (Phi) is 11.2. The van der Waals surface area contributed by atoms with E-state index in [4.69, 9.17) is 18.9 Å². The van der Waals surface area contributed by atoms with Gasteiger partial charge in [-0.25, -0.2) is 0 Å². The molecule has 49 heavy (non-hydrogen) atoms. The van der Waals surface area contributed by atoms with Crippen LogP contribution in [-0.2, 0) is 28.5 Å². The largest absolute Gasteiger partial charge is 0.388 e. The molecule has 2 aliphatic heterocycles. The highest BCUT2D eigenvalue weighted by Gasteiger charge is 2.62. The second-order valence-electron chi connectivity index (χ2n) is 16.7. The van der Waals surface area contributed by atoms with Crippen molar-refractivity contribution in [3.05, 3.63) is 11.6 Å². The summed E-state index contributed by atoms with van der Waals surface area (Å²) in [6.07, 6.45) is -0.742. The molecule has 0 unspecified atom stereocenters. The highest BCUT2D eigenvalue weighted by molar-refractivity contribution is 5.92. The summed E-state index contributed by atoms with van der Waals surface area (Å²) in [7, 11) is 0. The van der Waals surface area contributed by atoms with E-state index in [1.165, 1.54) is 5.57 Å². The number of carbonyl (C=O) groups is 2. The van der Waals surface area contributed by atoms with E-state index in [2.05, 4.69) is 19.9 Å². The number of aliphatic hydroxyl groups excluding tert-OH is 6. The van der Waals surface area contributed by atoms with E-state index in [0.717, 1.165) is 38.5 Å². The fourth-order valence-corrected chi connectivity index (χ4v) is 10.6. The second kappa shape index (κ2) is 14.6. The zero-order chi connectivity index (χ0) is 35.4. The van der Waals surface area contributed by atoms with Crippen LogP contribution in [0.1, 0.15) is 85.5 Å². The molecular formula is C37H58O12. The van der Waals surface area contributed by atoms with E-state index in [0.29, 0.717) is 31.1 Å². The molecule has 4 aliphatic carbocycles. The number of hydrogen-bond donors (Lipinski definition) is 6. The molecule has 5 fully saturated rings. The minimum atomic E-state index is -1.35. The van der Waals surface area contributed by atoms with E-state index >= 15 is 0 Å². The van der Waals surface area contributed by atoms with Gasteiger partial charge in [0.05, 0.1) is 25.9 Å². The first-order valence-corrected chi connectivity index (χ1v) is 18.5. The molecular weight excluding hydrogens is 636 g/mol. The molecule has 0 aromatic heterocycles. The number of aliphatic hydroxyl groups is 6. The number of ketones is 2. The third kappa shape index (κ3) is 6.96. The van der Waals surface area contributed by atoms with Crippen molar-refractivity contribution in [1.29, 1.82) is 0 Å². The lowest BCUT2D eigenvalue weighted by Crippen LogP contribution is -2.55. The highest BCUT2D eigenvalue weighted by atomic mass is 16.7. The molecule has 0 aromatic rings. The van der Waals surface area contributed by atoms with Crippen molar-refractivity contribution in [3.8, 4) is 0 Å². The van der Waals surface area contributed by atoms with Crippen LogP contribution in [0.4, 0.5) is 0 Å². The van der Waals surface area contributed by atoms with Gasteiger partial charge in [-0.15, -0.1) is 0 Å². The SMILES string of the molecule is C[C@H](CCC(=O)[C@@H](C)[C@H]1C(=O)C[C@H]2[C@@H]3CC=C4C[C@@H](O[C@@H]5OC[C@H](O)[C@H](O)[C@H]5O)CC[C@]4(C)[C@H]3CC[C@]12C)CO[C@@H]1OC[C@H](O)[C@H](O)[C@H]1O. The Morgan fingerprint density at radius 3 is 2.24 bits per heavy atom. The number of hydrogen-bond acceptors (Lipinski definition) is 12. The molecule has 0 bridgehead atoms. The van der Waals surface area contributed by atoms with E-state index in [9.17, 15) is 40.2 Å². The summed E-state index contributed by atoms with van der Waals surface area (Å²) in [5, 5.41) is 60.0. The number of allylic oxidation sites excluding steroid dienone is 1. The lowest BCUT2D eigenvalue weighted by Gasteiger charge is -2.58. The number of Topliss-reactive ketones (excluding diaryl/α,β-unsaturated/α-hetero) is 2. The minimum absolute atomic E-state index is 0.0107. The highest BCUT2D eigenvalue weighted by Crippen LogP contribution is 2.66. The van der Waals surface area contributed by atoms with Crippen LogP contribution in [0.5, 0.6) is 0 Å². The Morgan fingerprint density at radius 2 is 1.55 bits per heavy atom. The van der Waals surface area contributed by atoms with Crippen LogP contribution >= 0.6 is 0 Å². The number of carbonyl (C=O) groups excluding carboxylic acids is 2. The maximum absolute atomic E-state index is 13.8. The Bertz CT molecular complexity index is 1240. The van der Waals surface area contributed by atoms with Gasteiger partial charge in [0.15, 0.2) is 12.6 Å². The molecule has 17 atom stereocenters. The van der Waals surface area contributed by atoms with Crippen LogP contribution in [0, 0.1) is 46.3 Å². The van der Waals surface area contributed by atoms with Crippen LogP contribution in [0.3, 0.4) is 0 Å². The van der Waals surface area contributed by atoms with Gasteiger partial charge >= 0.3 is 0 Å². The van der Waals surface area contributed by atoms with Crippen molar-refractivity contribution in [3.63, 3.8) is 0 Å². The van der Waals surface area contributed by atoms with E-state index in [1.54, 1.807) is 0 Å². The molecule has 0 radical (unpaired) electrons. The van der Waals surface area contributed by atoms with Gasteiger partial charge in [0.2, 0.25) is 0 Å². The molecule has 2 heterocycles. The maximum Gasteiger partial charge on any atom is 0.186 e. The first-order valence-electron chi connectivity index (χ1n) is 18.5.